The zero-order valence-electron chi connectivity index (χ0n) is 10.4. The lowest BCUT2D eigenvalue weighted by Gasteiger charge is -2.26. The number of rotatable bonds is 3. The lowest BCUT2D eigenvalue weighted by Crippen LogP contribution is -2.36. The van der Waals surface area contributed by atoms with Crippen LogP contribution in [0.25, 0.3) is 0 Å². The van der Waals surface area contributed by atoms with E-state index in [9.17, 15) is 9.59 Å². The van der Waals surface area contributed by atoms with E-state index in [4.69, 9.17) is 4.74 Å². The average Bonchev–Trinajstić information content (AvgIpc) is 2.88. The summed E-state index contributed by atoms with van der Waals surface area (Å²) in [6.45, 7) is 3.46. The molecule has 1 aromatic rings. The Hall–Kier alpha value is -1.85. The first-order valence-electron chi connectivity index (χ1n) is 6.23. The van der Waals surface area contributed by atoms with Crippen LogP contribution in [0.1, 0.15) is 47.2 Å². The Morgan fingerprint density at radius 2 is 2.11 bits per heavy atom. The molecule has 1 amide bonds. The number of carbonyl (C=O) groups is 2. The van der Waals surface area contributed by atoms with Crippen LogP contribution in [-0.4, -0.2) is 46.4 Å². The van der Waals surface area contributed by atoms with Crippen LogP contribution in [0.15, 0.2) is 6.33 Å². The maximum absolute atomic E-state index is 12.2. The summed E-state index contributed by atoms with van der Waals surface area (Å²) in [5, 5.41) is 0. The van der Waals surface area contributed by atoms with Gasteiger partial charge in [0.05, 0.1) is 12.9 Å². The summed E-state index contributed by atoms with van der Waals surface area (Å²) in [7, 11) is 0. The Morgan fingerprint density at radius 3 is 2.78 bits per heavy atom. The van der Waals surface area contributed by atoms with Crippen LogP contribution in [-0.2, 0) is 4.74 Å². The van der Waals surface area contributed by atoms with Crippen molar-refractivity contribution >= 4 is 11.9 Å². The smallest absolute Gasteiger partial charge is 0.357 e. The summed E-state index contributed by atoms with van der Waals surface area (Å²) < 4.78 is 4.88. The minimum atomic E-state index is -0.532. The number of ether oxygens (including phenoxy) is 1. The molecule has 1 aliphatic heterocycles. The van der Waals surface area contributed by atoms with E-state index in [1.807, 2.05) is 0 Å². The van der Waals surface area contributed by atoms with Crippen molar-refractivity contribution in [2.24, 2.45) is 0 Å². The van der Waals surface area contributed by atoms with Gasteiger partial charge in [-0.15, -0.1) is 0 Å². The second-order valence-corrected chi connectivity index (χ2v) is 4.20. The number of amides is 1. The molecule has 2 heterocycles. The molecule has 1 N–H and O–H groups in total. The highest BCUT2D eigenvalue weighted by molar-refractivity contribution is 6.02. The number of likely N-dealkylation sites (tertiary alicyclic amines) is 1. The van der Waals surface area contributed by atoms with Crippen molar-refractivity contribution in [1.29, 1.82) is 0 Å². The molecular formula is C12H17N3O3. The molecule has 0 unspecified atom stereocenters. The zero-order valence-corrected chi connectivity index (χ0v) is 10.4. The molecule has 0 aromatic carbocycles. The molecule has 1 aliphatic rings. The molecule has 1 fully saturated rings. The van der Waals surface area contributed by atoms with E-state index < -0.39 is 5.97 Å². The molecule has 1 saturated heterocycles. The van der Waals surface area contributed by atoms with Gasteiger partial charge < -0.3 is 14.6 Å². The average molecular weight is 251 g/mol. The van der Waals surface area contributed by atoms with Crippen LogP contribution in [0.4, 0.5) is 0 Å². The molecule has 0 radical (unpaired) electrons. The maximum Gasteiger partial charge on any atom is 0.357 e. The monoisotopic (exact) mass is 251 g/mol. The van der Waals surface area contributed by atoms with Gasteiger partial charge in [-0.2, -0.15) is 0 Å². The number of esters is 1. The van der Waals surface area contributed by atoms with Gasteiger partial charge in [0.25, 0.3) is 5.91 Å². The van der Waals surface area contributed by atoms with Gasteiger partial charge in [-0.3, -0.25) is 4.79 Å². The van der Waals surface area contributed by atoms with Crippen LogP contribution < -0.4 is 0 Å². The second kappa shape index (κ2) is 5.66. The third-order valence-electron chi connectivity index (χ3n) is 2.96. The Kier molecular flexibility index (Phi) is 3.96. The molecule has 2 rings (SSSR count). The fraction of sp³-hybridized carbons (Fsp3) is 0.583. The van der Waals surface area contributed by atoms with Crippen molar-refractivity contribution in [2.45, 2.75) is 26.2 Å². The number of carbonyl (C=O) groups excluding carboxylic acids is 2. The SMILES string of the molecule is CCOC(=O)c1[nH]cnc1C(=O)N1CCCCC1. The van der Waals surface area contributed by atoms with Gasteiger partial charge >= 0.3 is 5.97 Å². The zero-order chi connectivity index (χ0) is 13.0. The number of nitrogens with one attached hydrogen (secondary N) is 1. The first kappa shape index (κ1) is 12.6. The third kappa shape index (κ3) is 2.52. The van der Waals surface area contributed by atoms with E-state index in [1.165, 1.54) is 6.33 Å². The molecule has 18 heavy (non-hydrogen) atoms. The number of aromatic nitrogens is 2. The topological polar surface area (TPSA) is 75.3 Å². The number of imidazole rings is 1. The van der Waals surface area contributed by atoms with Crippen molar-refractivity contribution in [3.05, 3.63) is 17.7 Å². The Morgan fingerprint density at radius 1 is 1.39 bits per heavy atom. The van der Waals surface area contributed by atoms with Gasteiger partial charge in [0, 0.05) is 13.1 Å². The Labute approximate surface area is 105 Å². The van der Waals surface area contributed by atoms with Gasteiger partial charge in [0.15, 0.2) is 11.4 Å². The van der Waals surface area contributed by atoms with Gasteiger partial charge in [-0.25, -0.2) is 9.78 Å². The number of nitrogens with zero attached hydrogens (tertiary/aromatic N) is 2. The number of piperidine rings is 1. The lowest BCUT2D eigenvalue weighted by atomic mass is 10.1. The number of aromatic amines is 1. The van der Waals surface area contributed by atoms with E-state index in [0.29, 0.717) is 0 Å². The number of hydrogen-bond donors (Lipinski definition) is 1. The maximum atomic E-state index is 12.2. The van der Waals surface area contributed by atoms with E-state index in [-0.39, 0.29) is 23.9 Å². The number of H-pyrrole nitrogens is 1. The fourth-order valence-corrected chi connectivity index (χ4v) is 2.06. The van der Waals surface area contributed by atoms with Crippen molar-refractivity contribution in [3.63, 3.8) is 0 Å². The Bertz CT molecular complexity index is 436. The molecular weight excluding hydrogens is 234 g/mol. The Balaban J connectivity index is 2.15. The molecule has 0 spiro atoms. The van der Waals surface area contributed by atoms with Gasteiger partial charge in [0.1, 0.15) is 0 Å². The van der Waals surface area contributed by atoms with Crippen molar-refractivity contribution in [3.8, 4) is 0 Å². The van der Waals surface area contributed by atoms with E-state index in [1.54, 1.807) is 11.8 Å². The van der Waals surface area contributed by atoms with Crippen molar-refractivity contribution < 1.29 is 14.3 Å². The highest BCUT2D eigenvalue weighted by Crippen LogP contribution is 2.14. The van der Waals surface area contributed by atoms with Crippen LogP contribution >= 0.6 is 0 Å². The summed E-state index contributed by atoms with van der Waals surface area (Å²) in [4.78, 5) is 32.2. The van der Waals surface area contributed by atoms with Gasteiger partial charge in [-0.05, 0) is 26.2 Å². The van der Waals surface area contributed by atoms with Crippen molar-refractivity contribution in [2.75, 3.05) is 19.7 Å². The van der Waals surface area contributed by atoms with Crippen molar-refractivity contribution in [1.82, 2.24) is 14.9 Å². The lowest BCUT2D eigenvalue weighted by molar-refractivity contribution is 0.0510. The first-order chi connectivity index (χ1) is 8.74. The molecule has 6 heteroatoms. The summed E-state index contributed by atoms with van der Waals surface area (Å²) in [5.74, 6) is -0.727. The summed E-state index contributed by atoms with van der Waals surface area (Å²) in [5.41, 5.74) is 0.308. The normalized spacial score (nSPS) is 15.5. The predicted octanol–water partition coefficient (Wildman–Crippen LogP) is 1.21. The predicted molar refractivity (Wildman–Crippen MR) is 64.3 cm³/mol. The number of hydrogen-bond acceptors (Lipinski definition) is 4. The molecule has 0 bridgehead atoms. The van der Waals surface area contributed by atoms with Crippen LogP contribution in [0, 0.1) is 0 Å². The van der Waals surface area contributed by atoms with E-state index >= 15 is 0 Å². The molecule has 6 nitrogen and oxygen atoms in total. The standard InChI is InChI=1S/C12H17N3O3/c1-2-18-12(17)10-9(13-8-14-10)11(16)15-6-4-3-5-7-15/h8H,2-7H2,1H3,(H,13,14). The van der Waals surface area contributed by atoms with Crippen LogP contribution in [0.3, 0.4) is 0 Å². The quantitative estimate of drug-likeness (QED) is 0.819. The van der Waals surface area contributed by atoms with Gasteiger partial charge in [0.2, 0.25) is 0 Å². The third-order valence-corrected chi connectivity index (χ3v) is 2.96. The highest BCUT2D eigenvalue weighted by atomic mass is 16.5. The summed E-state index contributed by atoms with van der Waals surface area (Å²) in [6.07, 6.45) is 4.51. The first-order valence-corrected chi connectivity index (χ1v) is 6.23. The second-order valence-electron chi connectivity index (χ2n) is 4.20. The van der Waals surface area contributed by atoms with E-state index in [2.05, 4.69) is 9.97 Å². The van der Waals surface area contributed by atoms with E-state index in [0.717, 1.165) is 32.4 Å². The molecule has 1 aromatic heterocycles. The molecule has 98 valence electrons. The minimum absolute atomic E-state index is 0.146. The molecule has 0 atom stereocenters. The largest absolute Gasteiger partial charge is 0.461 e. The minimum Gasteiger partial charge on any atom is -0.461 e. The summed E-state index contributed by atoms with van der Waals surface area (Å²) in [6, 6.07) is 0. The fourth-order valence-electron chi connectivity index (χ4n) is 2.06. The molecule has 0 aliphatic carbocycles. The van der Waals surface area contributed by atoms with Crippen LogP contribution in [0.2, 0.25) is 0 Å². The summed E-state index contributed by atoms with van der Waals surface area (Å²) >= 11 is 0. The van der Waals surface area contributed by atoms with Gasteiger partial charge in [-0.1, -0.05) is 0 Å². The molecule has 0 saturated carbocycles. The highest BCUT2D eigenvalue weighted by Gasteiger charge is 2.26. The van der Waals surface area contributed by atoms with Crippen LogP contribution in [0.5, 0.6) is 0 Å².